The van der Waals surface area contributed by atoms with E-state index in [2.05, 4.69) is 10.6 Å². The summed E-state index contributed by atoms with van der Waals surface area (Å²) >= 11 is 0. The molecule has 2 amide bonds. The van der Waals surface area contributed by atoms with Crippen LogP contribution >= 0.6 is 0 Å². The lowest BCUT2D eigenvalue weighted by Gasteiger charge is -2.31. The molecule has 6 nitrogen and oxygen atoms in total. The van der Waals surface area contributed by atoms with Crippen LogP contribution in [-0.4, -0.2) is 35.5 Å². The number of amides is 2. The minimum absolute atomic E-state index is 0.0163. The lowest BCUT2D eigenvalue weighted by Crippen LogP contribution is -2.51. The van der Waals surface area contributed by atoms with Crippen LogP contribution in [0.5, 0.6) is 0 Å². The summed E-state index contributed by atoms with van der Waals surface area (Å²) in [6.45, 7) is 0.364. The minimum Gasteiger partial charge on any atom is -0.481 e. The average Bonchev–Trinajstić information content (AvgIpc) is 3.00. The topological polar surface area (TPSA) is 95.5 Å². The standard InChI is InChI=1S/C14H20N2O4/c17-10-4-3-9(6-15-10)13(18)16-12-8-2-1-7(5-8)11(12)14(19)20/h7-9,11-12H,1-6H2,(H,15,17)(H,16,18)(H,19,20). The van der Waals surface area contributed by atoms with E-state index in [1.807, 2.05) is 0 Å². The van der Waals surface area contributed by atoms with Gasteiger partial charge in [-0.15, -0.1) is 0 Å². The van der Waals surface area contributed by atoms with Crippen molar-refractivity contribution in [2.24, 2.45) is 23.7 Å². The van der Waals surface area contributed by atoms with Crippen LogP contribution in [0.1, 0.15) is 32.1 Å². The van der Waals surface area contributed by atoms with Crippen LogP contribution in [0.3, 0.4) is 0 Å². The van der Waals surface area contributed by atoms with Gasteiger partial charge in [0.1, 0.15) is 0 Å². The van der Waals surface area contributed by atoms with Crippen LogP contribution in [0.4, 0.5) is 0 Å². The smallest absolute Gasteiger partial charge is 0.308 e. The van der Waals surface area contributed by atoms with Gasteiger partial charge in [0, 0.05) is 19.0 Å². The molecule has 3 N–H and O–H groups in total. The minimum atomic E-state index is -0.792. The molecule has 2 aliphatic carbocycles. The van der Waals surface area contributed by atoms with E-state index in [0.717, 1.165) is 19.3 Å². The highest BCUT2D eigenvalue weighted by Crippen LogP contribution is 2.48. The van der Waals surface area contributed by atoms with E-state index in [4.69, 9.17) is 0 Å². The first-order chi connectivity index (χ1) is 9.56. The molecule has 3 rings (SSSR count). The molecule has 3 fully saturated rings. The fraction of sp³-hybridized carbons (Fsp3) is 0.786. The van der Waals surface area contributed by atoms with Crippen LogP contribution in [-0.2, 0) is 14.4 Å². The Morgan fingerprint density at radius 3 is 2.60 bits per heavy atom. The van der Waals surface area contributed by atoms with E-state index >= 15 is 0 Å². The Labute approximate surface area is 117 Å². The third kappa shape index (κ3) is 2.27. The van der Waals surface area contributed by atoms with E-state index in [0.29, 0.717) is 25.3 Å². The average molecular weight is 280 g/mol. The van der Waals surface area contributed by atoms with Crippen molar-refractivity contribution in [1.82, 2.24) is 10.6 Å². The van der Waals surface area contributed by atoms with Crippen molar-refractivity contribution in [3.63, 3.8) is 0 Å². The van der Waals surface area contributed by atoms with Gasteiger partial charge in [-0.05, 0) is 37.5 Å². The monoisotopic (exact) mass is 280 g/mol. The van der Waals surface area contributed by atoms with Crippen molar-refractivity contribution >= 4 is 17.8 Å². The molecule has 0 spiro atoms. The summed E-state index contributed by atoms with van der Waals surface area (Å²) in [5, 5.41) is 15.0. The zero-order valence-electron chi connectivity index (χ0n) is 11.3. The zero-order valence-corrected chi connectivity index (χ0v) is 11.3. The number of hydrogen-bond donors (Lipinski definition) is 3. The number of rotatable bonds is 3. The number of aliphatic carboxylic acids is 1. The summed E-state index contributed by atoms with van der Waals surface area (Å²) in [4.78, 5) is 34.7. The molecule has 5 atom stereocenters. The molecule has 110 valence electrons. The second kappa shape index (κ2) is 5.07. The Morgan fingerprint density at radius 1 is 1.20 bits per heavy atom. The summed E-state index contributed by atoms with van der Waals surface area (Å²) < 4.78 is 0. The van der Waals surface area contributed by atoms with E-state index in [1.54, 1.807) is 0 Å². The molecule has 5 unspecified atom stereocenters. The quantitative estimate of drug-likeness (QED) is 0.684. The lowest BCUT2D eigenvalue weighted by atomic mass is 9.84. The van der Waals surface area contributed by atoms with E-state index < -0.39 is 11.9 Å². The fourth-order valence-corrected chi connectivity index (χ4v) is 4.09. The maximum Gasteiger partial charge on any atom is 0.308 e. The number of carboxylic acid groups (broad SMARTS) is 1. The first kappa shape index (κ1) is 13.4. The van der Waals surface area contributed by atoms with Gasteiger partial charge < -0.3 is 15.7 Å². The number of piperidine rings is 1. The maximum absolute atomic E-state index is 12.2. The highest BCUT2D eigenvalue weighted by atomic mass is 16.4. The summed E-state index contributed by atoms with van der Waals surface area (Å²) in [6.07, 6.45) is 3.82. The number of hydrogen-bond acceptors (Lipinski definition) is 3. The van der Waals surface area contributed by atoms with Crippen molar-refractivity contribution < 1.29 is 19.5 Å². The van der Waals surface area contributed by atoms with E-state index in [-0.39, 0.29) is 29.7 Å². The predicted molar refractivity (Wildman–Crippen MR) is 69.6 cm³/mol. The Morgan fingerprint density at radius 2 is 1.95 bits per heavy atom. The van der Waals surface area contributed by atoms with Crippen LogP contribution in [0, 0.1) is 23.7 Å². The molecule has 20 heavy (non-hydrogen) atoms. The van der Waals surface area contributed by atoms with Gasteiger partial charge >= 0.3 is 5.97 Å². The molecule has 0 aromatic rings. The van der Waals surface area contributed by atoms with Crippen molar-refractivity contribution in [2.45, 2.75) is 38.1 Å². The van der Waals surface area contributed by atoms with Gasteiger partial charge in [0.15, 0.2) is 0 Å². The molecule has 2 saturated carbocycles. The third-order valence-electron chi connectivity index (χ3n) is 5.15. The van der Waals surface area contributed by atoms with E-state index in [1.165, 1.54) is 0 Å². The number of nitrogens with one attached hydrogen (secondary N) is 2. The van der Waals surface area contributed by atoms with Crippen LogP contribution in [0.2, 0.25) is 0 Å². The summed E-state index contributed by atoms with van der Waals surface area (Å²) in [7, 11) is 0. The molecule has 1 aliphatic heterocycles. The normalized spacial score (nSPS) is 39.4. The van der Waals surface area contributed by atoms with Crippen molar-refractivity contribution in [2.75, 3.05) is 6.54 Å². The highest BCUT2D eigenvalue weighted by molar-refractivity contribution is 5.84. The highest BCUT2D eigenvalue weighted by Gasteiger charge is 2.51. The van der Waals surface area contributed by atoms with E-state index in [9.17, 15) is 19.5 Å². The van der Waals surface area contributed by atoms with Crippen LogP contribution < -0.4 is 10.6 Å². The number of carbonyl (C=O) groups excluding carboxylic acids is 2. The molecule has 1 saturated heterocycles. The largest absolute Gasteiger partial charge is 0.481 e. The lowest BCUT2D eigenvalue weighted by molar-refractivity contribution is -0.145. The van der Waals surface area contributed by atoms with Crippen molar-refractivity contribution in [3.8, 4) is 0 Å². The molecule has 0 aromatic carbocycles. The van der Waals surface area contributed by atoms with Gasteiger partial charge in [0.2, 0.25) is 11.8 Å². The second-order valence-electron chi connectivity index (χ2n) is 6.27. The maximum atomic E-state index is 12.2. The molecule has 1 heterocycles. The Kier molecular flexibility index (Phi) is 3.40. The zero-order chi connectivity index (χ0) is 14.3. The number of carbonyl (C=O) groups is 3. The molecule has 6 heteroatoms. The van der Waals surface area contributed by atoms with Gasteiger partial charge in [-0.1, -0.05) is 0 Å². The first-order valence-electron chi connectivity index (χ1n) is 7.36. The van der Waals surface area contributed by atoms with Gasteiger partial charge in [0.25, 0.3) is 0 Å². The Hall–Kier alpha value is -1.59. The molecular formula is C14H20N2O4. The SMILES string of the molecule is O=C1CCC(C(=O)NC2C3CCC(C3)C2C(=O)O)CN1. The van der Waals surface area contributed by atoms with Gasteiger partial charge in [-0.2, -0.15) is 0 Å². The van der Waals surface area contributed by atoms with Gasteiger partial charge in [0.05, 0.1) is 11.8 Å². The van der Waals surface area contributed by atoms with Gasteiger partial charge in [-0.25, -0.2) is 0 Å². The Bertz CT molecular complexity index is 440. The summed E-state index contributed by atoms with van der Waals surface area (Å²) in [6, 6.07) is -0.226. The van der Waals surface area contributed by atoms with Crippen LogP contribution in [0.15, 0.2) is 0 Å². The molecule has 0 aromatic heterocycles. The van der Waals surface area contributed by atoms with Gasteiger partial charge in [-0.3, -0.25) is 14.4 Å². The number of carboxylic acids is 1. The summed E-state index contributed by atoms with van der Waals surface area (Å²) in [5.74, 6) is -1.04. The predicted octanol–water partition coefficient (Wildman–Crippen LogP) is 0.128. The fourth-order valence-electron chi connectivity index (χ4n) is 4.09. The van der Waals surface area contributed by atoms with Crippen molar-refractivity contribution in [3.05, 3.63) is 0 Å². The molecule has 3 aliphatic rings. The van der Waals surface area contributed by atoms with Crippen molar-refractivity contribution in [1.29, 1.82) is 0 Å². The molecule has 0 radical (unpaired) electrons. The van der Waals surface area contributed by atoms with Crippen LogP contribution in [0.25, 0.3) is 0 Å². The summed E-state index contributed by atoms with van der Waals surface area (Å²) in [5.41, 5.74) is 0. The third-order valence-corrected chi connectivity index (χ3v) is 5.15. The Balaban J connectivity index is 1.63. The number of fused-ring (bicyclic) bond motifs is 2. The molecular weight excluding hydrogens is 260 g/mol. The first-order valence-corrected chi connectivity index (χ1v) is 7.36. The second-order valence-corrected chi connectivity index (χ2v) is 6.27. The molecule has 2 bridgehead atoms.